The van der Waals surface area contributed by atoms with Gasteiger partial charge in [0.25, 0.3) is 5.56 Å². The highest BCUT2D eigenvalue weighted by atomic mass is 32.2. The van der Waals surface area contributed by atoms with E-state index in [0.29, 0.717) is 24.1 Å². The molecule has 0 aromatic carbocycles. The molecule has 2 N–H and O–H groups in total. The number of carboxylic acids is 1. The molecular weight excluding hydrogens is 292 g/mol. The third-order valence-corrected chi connectivity index (χ3v) is 3.75. The van der Waals surface area contributed by atoms with Crippen LogP contribution in [0.3, 0.4) is 0 Å². The summed E-state index contributed by atoms with van der Waals surface area (Å²) in [5, 5.41) is 18.0. The van der Waals surface area contributed by atoms with E-state index in [1.807, 2.05) is 13.8 Å². The van der Waals surface area contributed by atoms with E-state index in [0.717, 1.165) is 11.8 Å². The molecule has 2 heterocycles. The van der Waals surface area contributed by atoms with Gasteiger partial charge in [0.1, 0.15) is 5.03 Å². The predicted molar refractivity (Wildman–Crippen MR) is 76.7 cm³/mol. The van der Waals surface area contributed by atoms with E-state index in [4.69, 9.17) is 0 Å². The van der Waals surface area contributed by atoms with Crippen molar-refractivity contribution in [2.24, 2.45) is 0 Å². The van der Waals surface area contributed by atoms with Crippen LogP contribution in [0, 0.1) is 0 Å². The van der Waals surface area contributed by atoms with Crippen LogP contribution in [-0.4, -0.2) is 31.2 Å². The number of H-pyrrole nitrogens is 1. The van der Waals surface area contributed by atoms with E-state index >= 15 is 0 Å². The van der Waals surface area contributed by atoms with E-state index in [9.17, 15) is 14.7 Å². The number of aromatic amines is 1. The molecule has 8 heteroatoms. The van der Waals surface area contributed by atoms with Crippen molar-refractivity contribution in [3.63, 3.8) is 0 Å². The molecule has 0 atom stereocenters. The number of hydrogen-bond acceptors (Lipinski definition) is 6. The second-order valence-electron chi connectivity index (χ2n) is 4.16. The zero-order valence-electron chi connectivity index (χ0n) is 11.6. The fourth-order valence-corrected chi connectivity index (χ4v) is 2.78. The second kappa shape index (κ2) is 6.49. The van der Waals surface area contributed by atoms with Crippen molar-refractivity contribution < 1.29 is 9.90 Å². The summed E-state index contributed by atoms with van der Waals surface area (Å²) in [7, 11) is 0. The SMILES string of the molecule is CCc1nnc(Sc2nccc(=O)[nH]2)c(C(=O)O)c1CC. The number of aromatic nitrogens is 4. The molecule has 21 heavy (non-hydrogen) atoms. The largest absolute Gasteiger partial charge is 0.478 e. The summed E-state index contributed by atoms with van der Waals surface area (Å²) >= 11 is 0.984. The summed E-state index contributed by atoms with van der Waals surface area (Å²) in [6.07, 6.45) is 2.52. The Morgan fingerprint density at radius 3 is 2.67 bits per heavy atom. The van der Waals surface area contributed by atoms with Gasteiger partial charge in [0.15, 0.2) is 5.16 Å². The van der Waals surface area contributed by atoms with Crippen molar-refractivity contribution in [3.8, 4) is 0 Å². The molecule has 0 spiro atoms. The summed E-state index contributed by atoms with van der Waals surface area (Å²) in [6, 6.07) is 1.28. The van der Waals surface area contributed by atoms with Crippen LogP contribution in [-0.2, 0) is 12.8 Å². The maximum Gasteiger partial charge on any atom is 0.338 e. The number of nitrogens with zero attached hydrogens (tertiary/aromatic N) is 3. The summed E-state index contributed by atoms with van der Waals surface area (Å²) in [5.41, 5.74) is 1.16. The van der Waals surface area contributed by atoms with Crippen LogP contribution in [0.15, 0.2) is 27.2 Å². The highest BCUT2D eigenvalue weighted by Gasteiger charge is 2.21. The third kappa shape index (κ3) is 3.27. The Hall–Kier alpha value is -2.22. The minimum atomic E-state index is -1.06. The van der Waals surface area contributed by atoms with Crippen LogP contribution in [0.4, 0.5) is 0 Å². The van der Waals surface area contributed by atoms with E-state index < -0.39 is 5.97 Å². The van der Waals surface area contributed by atoms with Crippen LogP contribution >= 0.6 is 11.8 Å². The Labute approximate surface area is 124 Å². The zero-order valence-corrected chi connectivity index (χ0v) is 12.4. The van der Waals surface area contributed by atoms with Gasteiger partial charge in [-0.05, 0) is 30.2 Å². The lowest BCUT2D eigenvalue weighted by Crippen LogP contribution is -2.12. The van der Waals surface area contributed by atoms with Gasteiger partial charge in [0.05, 0.1) is 11.3 Å². The van der Waals surface area contributed by atoms with Gasteiger partial charge >= 0.3 is 5.97 Å². The number of carboxylic acid groups (broad SMARTS) is 1. The van der Waals surface area contributed by atoms with Gasteiger partial charge < -0.3 is 10.1 Å². The summed E-state index contributed by atoms with van der Waals surface area (Å²) < 4.78 is 0. The van der Waals surface area contributed by atoms with E-state index in [1.165, 1.54) is 12.3 Å². The molecule has 110 valence electrons. The van der Waals surface area contributed by atoms with Crippen molar-refractivity contribution in [2.75, 3.05) is 0 Å². The van der Waals surface area contributed by atoms with E-state index in [-0.39, 0.29) is 21.3 Å². The number of aromatic carboxylic acids is 1. The van der Waals surface area contributed by atoms with Gasteiger partial charge in [-0.15, -0.1) is 5.10 Å². The maximum atomic E-state index is 11.6. The van der Waals surface area contributed by atoms with Gasteiger partial charge in [0.2, 0.25) is 0 Å². The second-order valence-corrected chi connectivity index (χ2v) is 5.14. The quantitative estimate of drug-likeness (QED) is 0.806. The molecule has 2 aromatic heterocycles. The first kappa shape index (κ1) is 15.2. The monoisotopic (exact) mass is 306 g/mol. The third-order valence-electron chi connectivity index (χ3n) is 2.87. The van der Waals surface area contributed by atoms with Crippen LogP contribution < -0.4 is 5.56 Å². The fraction of sp³-hybridized carbons (Fsp3) is 0.308. The highest BCUT2D eigenvalue weighted by molar-refractivity contribution is 7.99. The molecule has 0 fully saturated rings. The van der Waals surface area contributed by atoms with Gasteiger partial charge in [0, 0.05) is 12.3 Å². The number of nitrogens with one attached hydrogen (secondary N) is 1. The smallest absolute Gasteiger partial charge is 0.338 e. The van der Waals surface area contributed by atoms with Crippen molar-refractivity contribution in [1.29, 1.82) is 0 Å². The maximum absolute atomic E-state index is 11.6. The number of rotatable bonds is 5. The minimum absolute atomic E-state index is 0.126. The Morgan fingerprint density at radius 1 is 1.33 bits per heavy atom. The molecule has 0 bridgehead atoms. The first-order chi connectivity index (χ1) is 10.1. The Kier molecular flexibility index (Phi) is 4.69. The van der Waals surface area contributed by atoms with E-state index in [1.54, 1.807) is 0 Å². The predicted octanol–water partition coefficient (Wildman–Crippen LogP) is 1.53. The van der Waals surface area contributed by atoms with Gasteiger partial charge in [-0.2, -0.15) is 5.10 Å². The Bertz CT molecular complexity index is 730. The summed E-state index contributed by atoms with van der Waals surface area (Å²) in [6.45, 7) is 3.78. The molecule has 2 aromatic rings. The molecular formula is C13H14N4O3S. The molecule has 0 saturated heterocycles. The zero-order chi connectivity index (χ0) is 15.4. The summed E-state index contributed by atoms with van der Waals surface area (Å²) in [5.74, 6) is -1.06. The Balaban J connectivity index is 2.53. The van der Waals surface area contributed by atoms with Crippen molar-refractivity contribution in [3.05, 3.63) is 39.4 Å². The lowest BCUT2D eigenvalue weighted by Gasteiger charge is -2.11. The van der Waals surface area contributed by atoms with Gasteiger partial charge in [-0.1, -0.05) is 13.8 Å². The van der Waals surface area contributed by atoms with Crippen molar-refractivity contribution in [2.45, 2.75) is 36.9 Å². The number of carbonyl (C=O) groups is 1. The molecule has 0 saturated carbocycles. The Morgan fingerprint density at radius 2 is 2.10 bits per heavy atom. The first-order valence-corrected chi connectivity index (χ1v) is 7.23. The molecule has 0 amide bonds. The molecule has 7 nitrogen and oxygen atoms in total. The highest BCUT2D eigenvalue weighted by Crippen LogP contribution is 2.28. The lowest BCUT2D eigenvalue weighted by atomic mass is 10.0. The van der Waals surface area contributed by atoms with Crippen LogP contribution in [0.2, 0.25) is 0 Å². The average Bonchev–Trinajstić information content (AvgIpc) is 2.46. The minimum Gasteiger partial charge on any atom is -0.478 e. The van der Waals surface area contributed by atoms with Gasteiger partial charge in [-0.3, -0.25) is 4.79 Å². The normalized spacial score (nSPS) is 10.6. The molecule has 0 radical (unpaired) electrons. The number of hydrogen-bond donors (Lipinski definition) is 2. The molecule has 2 rings (SSSR count). The lowest BCUT2D eigenvalue weighted by molar-refractivity contribution is 0.0690. The van der Waals surface area contributed by atoms with E-state index in [2.05, 4.69) is 20.2 Å². The number of aryl methyl sites for hydroxylation is 1. The average molecular weight is 306 g/mol. The van der Waals surface area contributed by atoms with Crippen molar-refractivity contribution >= 4 is 17.7 Å². The standard InChI is InChI=1S/C13H14N4O3S/c1-3-7-8(4-2)16-17-11(10(7)12(19)20)21-13-14-6-5-9(18)15-13/h5-6H,3-4H2,1-2H3,(H,19,20)(H,14,15,18). The van der Waals surface area contributed by atoms with Crippen LogP contribution in [0.1, 0.15) is 35.5 Å². The van der Waals surface area contributed by atoms with Crippen LogP contribution in [0.25, 0.3) is 0 Å². The molecule has 0 aliphatic heterocycles. The molecule has 0 aliphatic rings. The summed E-state index contributed by atoms with van der Waals surface area (Å²) in [4.78, 5) is 29.3. The molecule has 0 aliphatic carbocycles. The van der Waals surface area contributed by atoms with Crippen LogP contribution in [0.5, 0.6) is 0 Å². The molecule has 0 unspecified atom stereocenters. The fourth-order valence-electron chi connectivity index (χ4n) is 1.94. The van der Waals surface area contributed by atoms with Gasteiger partial charge in [-0.25, -0.2) is 9.78 Å². The first-order valence-electron chi connectivity index (χ1n) is 6.41. The topological polar surface area (TPSA) is 109 Å². The van der Waals surface area contributed by atoms with Crippen molar-refractivity contribution in [1.82, 2.24) is 20.2 Å².